The Morgan fingerprint density at radius 1 is 0.950 bits per heavy atom. The first kappa shape index (κ1) is 55.4. The average Bonchev–Trinajstić information content (AvgIpc) is 3.88. The third-order valence-corrected chi connectivity index (χ3v) is 19.1. The normalized spacial score (nSPS) is 29.5. The van der Waals surface area contributed by atoms with Crippen molar-refractivity contribution < 1.29 is 41.8 Å². The van der Waals surface area contributed by atoms with Crippen molar-refractivity contribution in [1.29, 1.82) is 0 Å². The zero-order valence-electron chi connectivity index (χ0n) is 47.3. The second kappa shape index (κ2) is 22.2. The van der Waals surface area contributed by atoms with Crippen molar-refractivity contribution in [3.63, 3.8) is 0 Å². The number of benzene rings is 1. The number of amides is 3. The average molecular weight is 1110 g/mol. The van der Waals surface area contributed by atoms with Gasteiger partial charge >= 0.3 is 12.1 Å². The van der Waals surface area contributed by atoms with Crippen LogP contribution in [0.4, 0.5) is 18.9 Å². The van der Waals surface area contributed by atoms with Crippen molar-refractivity contribution in [2.45, 2.75) is 141 Å². The van der Waals surface area contributed by atoms with E-state index < -0.39 is 42.2 Å². The highest BCUT2D eigenvalue weighted by Crippen LogP contribution is 2.46. The number of rotatable bonds is 9. The summed E-state index contributed by atoms with van der Waals surface area (Å²) >= 11 is 0. The van der Waals surface area contributed by atoms with Crippen LogP contribution in [0.25, 0.3) is 27.7 Å². The van der Waals surface area contributed by atoms with Gasteiger partial charge in [-0.15, -0.1) is 0 Å². The zero-order valence-corrected chi connectivity index (χ0v) is 47.3. The summed E-state index contributed by atoms with van der Waals surface area (Å²) in [5.74, 6) is -0.811. The van der Waals surface area contributed by atoms with Crippen LogP contribution in [-0.4, -0.2) is 199 Å². The van der Waals surface area contributed by atoms with E-state index in [2.05, 4.69) is 47.8 Å². The molecule has 80 heavy (non-hydrogen) atoms. The molecule has 12 rings (SSSR count). The maximum absolute atomic E-state index is 15.2. The molecule has 1 unspecified atom stereocenters. The molecule has 2 aromatic heterocycles. The first-order chi connectivity index (χ1) is 38.4. The largest absolute Gasteiger partial charge is 0.464 e. The lowest BCUT2D eigenvalue weighted by molar-refractivity contribution is -0.155. The molecule has 1 aromatic carbocycles. The molecule has 1 saturated carbocycles. The Bertz CT molecular complexity index is 2880. The van der Waals surface area contributed by atoms with Crippen LogP contribution < -0.4 is 21.0 Å². The highest BCUT2D eigenvalue weighted by atomic mass is 19.4. The van der Waals surface area contributed by atoms with Gasteiger partial charge in [-0.2, -0.15) is 13.2 Å². The maximum atomic E-state index is 15.2. The van der Waals surface area contributed by atoms with E-state index in [1.165, 1.54) is 9.58 Å². The summed E-state index contributed by atoms with van der Waals surface area (Å²) in [4.78, 5) is 74.1. The van der Waals surface area contributed by atoms with Gasteiger partial charge in [-0.1, -0.05) is 52.7 Å². The molecule has 3 N–H and O–H groups in total. The molecule has 9 aliphatic rings. The van der Waals surface area contributed by atoms with Gasteiger partial charge in [0.25, 0.3) is 5.91 Å². The van der Waals surface area contributed by atoms with Crippen LogP contribution in [0.15, 0.2) is 36.5 Å². The number of hydrogen-bond donors (Lipinski definition) is 3. The summed E-state index contributed by atoms with van der Waals surface area (Å²) in [6.45, 7) is 16.5. The van der Waals surface area contributed by atoms with Gasteiger partial charge in [0, 0.05) is 106 Å². The Morgan fingerprint density at radius 2 is 1.76 bits per heavy atom. The molecule has 3 aromatic rings. The van der Waals surface area contributed by atoms with Crippen molar-refractivity contribution in [3.05, 3.63) is 53.4 Å². The first-order valence-electron chi connectivity index (χ1n) is 29.9. The number of hydrazine groups is 1. The number of nitrogens with one attached hydrogen (secondary N) is 3. The Kier molecular flexibility index (Phi) is 15.4. The fraction of sp³-hybridized carbons (Fsp3) is 0.683. The summed E-state index contributed by atoms with van der Waals surface area (Å²) in [7, 11) is 0. The third-order valence-electron chi connectivity index (χ3n) is 19.1. The molecule has 17 nitrogen and oxygen atoms in total. The Morgan fingerprint density at radius 3 is 2.55 bits per heavy atom. The van der Waals surface area contributed by atoms with Gasteiger partial charge in [0.05, 0.1) is 61.2 Å². The van der Waals surface area contributed by atoms with Gasteiger partial charge in [-0.05, 0) is 105 Å². The highest BCUT2D eigenvalue weighted by Gasteiger charge is 2.51. The summed E-state index contributed by atoms with van der Waals surface area (Å²) in [6.07, 6.45) is 7.16. The third kappa shape index (κ3) is 11.5. The first-order valence-corrected chi connectivity index (χ1v) is 29.9. The van der Waals surface area contributed by atoms with Gasteiger partial charge in [-0.3, -0.25) is 43.9 Å². The predicted molar refractivity (Wildman–Crippen MR) is 298 cm³/mol. The molecule has 20 heteroatoms. The van der Waals surface area contributed by atoms with Crippen LogP contribution in [0, 0.1) is 16.7 Å². The number of likely N-dealkylation sites (tertiary alicyclic amines) is 2. The van der Waals surface area contributed by atoms with Crippen LogP contribution in [-0.2, 0) is 41.6 Å². The SMILES string of the molecule is CC(C)c1ncc(N2CCN3CCOC[C@@H]3C2)cc1-c1c2c3cc(ccc3n1CC(F)(F)F)C1=CCCN(C1)C[C@H](NC(=O)[C@H](C1CCCC1)N1CC[C@]3(CCN(C(=O)[C@H]4CN4)C3)C1)C(=O)N1CCC[C@H](N1)C(=O)OCC(C)(C)C2. The number of nitrogens with zero attached hydrogens (tertiary/aromatic N) is 8. The van der Waals surface area contributed by atoms with Gasteiger partial charge < -0.3 is 34.5 Å². The molecule has 6 saturated heterocycles. The predicted octanol–water partition coefficient (Wildman–Crippen LogP) is 5.56. The molecule has 1 aliphatic carbocycles. The number of esters is 1. The molecule has 10 heterocycles. The molecule has 0 radical (unpaired) electrons. The molecule has 8 aliphatic heterocycles. The lowest BCUT2D eigenvalue weighted by Crippen LogP contribution is -2.63. The van der Waals surface area contributed by atoms with Crippen LogP contribution >= 0.6 is 0 Å². The van der Waals surface area contributed by atoms with E-state index in [-0.39, 0.29) is 66.6 Å². The highest BCUT2D eigenvalue weighted by molar-refractivity contribution is 5.95. The Hall–Kier alpha value is -5.12. The van der Waals surface area contributed by atoms with Crippen LogP contribution in [0.2, 0.25) is 0 Å². The van der Waals surface area contributed by atoms with Gasteiger partial charge in [0.2, 0.25) is 11.8 Å². The van der Waals surface area contributed by atoms with E-state index in [4.69, 9.17) is 14.5 Å². The lowest BCUT2D eigenvalue weighted by Gasteiger charge is -2.44. The summed E-state index contributed by atoms with van der Waals surface area (Å²) < 4.78 is 59.2. The fourth-order valence-electron chi connectivity index (χ4n) is 14.9. The number of pyridine rings is 1. The molecule has 6 bridgehead atoms. The van der Waals surface area contributed by atoms with E-state index in [1.807, 2.05) is 57.0 Å². The molecule has 7 atom stereocenters. The van der Waals surface area contributed by atoms with Crippen molar-refractivity contribution in [3.8, 4) is 11.3 Å². The number of carbonyl (C=O) groups is 4. The summed E-state index contributed by atoms with van der Waals surface area (Å²) in [5.41, 5.74) is 8.11. The molecular weight excluding hydrogens is 1030 g/mol. The van der Waals surface area contributed by atoms with Crippen LogP contribution in [0.3, 0.4) is 0 Å². The molecule has 3 amide bonds. The van der Waals surface area contributed by atoms with E-state index in [0.717, 1.165) is 107 Å². The zero-order chi connectivity index (χ0) is 55.7. The van der Waals surface area contributed by atoms with Gasteiger partial charge in [-0.25, -0.2) is 5.43 Å². The number of piperazine rings is 1. The van der Waals surface area contributed by atoms with E-state index >= 15 is 22.8 Å². The van der Waals surface area contributed by atoms with E-state index in [0.29, 0.717) is 93.1 Å². The van der Waals surface area contributed by atoms with Crippen molar-refractivity contribution in [2.24, 2.45) is 16.7 Å². The lowest BCUT2D eigenvalue weighted by atomic mass is 9.83. The quantitative estimate of drug-likeness (QED) is 0.180. The number of aromatic nitrogens is 2. The number of carbonyl (C=O) groups excluding carboxylic acids is 4. The number of anilines is 1. The number of ether oxygens (including phenoxy) is 2. The summed E-state index contributed by atoms with van der Waals surface area (Å²) in [6, 6.07) is 5.74. The standard InChI is InChI=1S/C60H82F3N11O6/c1-38(2)51-45(26-42(28-65-51)70-22-21-69-23-24-79-33-43(69)31-70)53-46-27-58(3,4)37-80-57(78)47-12-8-18-74(67-47)56(77)49(32-68-17-7-11-41(30-68)40-13-14-50(44(46)25-40)73(53)36-60(61,62)63)66-54(75)52(39-9-5-6-10-39)71-19-15-59(34-71)16-20-72(35-59)55(76)48-29-64-48/h11,13-14,25-26,28,38-39,43,47-49,52,64,67H,5-10,12,15-24,27,29-37H2,1-4H3,(H,66,75)/t43-,47-,48+,49-,52-,59-/m0/s1. The molecular formula is C60H82F3N11O6. The number of alkyl halides is 3. The monoisotopic (exact) mass is 1110 g/mol. The fourth-order valence-corrected chi connectivity index (χ4v) is 14.9. The van der Waals surface area contributed by atoms with Gasteiger partial charge in [0.1, 0.15) is 18.6 Å². The number of fused-ring (bicyclic) bond motifs is 7. The number of hydrogen-bond acceptors (Lipinski definition) is 13. The van der Waals surface area contributed by atoms with Gasteiger partial charge in [0.15, 0.2) is 0 Å². The minimum Gasteiger partial charge on any atom is -0.464 e. The second-order valence-corrected chi connectivity index (χ2v) is 26.0. The second-order valence-electron chi connectivity index (χ2n) is 26.0. The number of halogens is 3. The van der Waals surface area contributed by atoms with Crippen molar-refractivity contribution in [1.82, 2.24) is 50.2 Å². The topological polar surface area (TPSA) is 170 Å². The van der Waals surface area contributed by atoms with Crippen molar-refractivity contribution in [2.75, 3.05) is 110 Å². The molecule has 434 valence electrons. The Labute approximate surface area is 468 Å². The number of morpholine rings is 1. The minimum absolute atomic E-state index is 0.0305. The van der Waals surface area contributed by atoms with Crippen LogP contribution in [0.1, 0.15) is 108 Å². The number of cyclic esters (lactones) is 1. The molecule has 7 fully saturated rings. The maximum Gasteiger partial charge on any atom is 0.406 e. The van der Waals surface area contributed by atoms with Crippen molar-refractivity contribution >= 4 is 45.9 Å². The molecule has 1 spiro atoms. The Balaban J connectivity index is 0.896. The smallest absolute Gasteiger partial charge is 0.406 e. The van der Waals surface area contributed by atoms with Crippen LogP contribution in [0.5, 0.6) is 0 Å². The van der Waals surface area contributed by atoms with E-state index in [9.17, 15) is 9.59 Å². The minimum atomic E-state index is -4.56. The summed E-state index contributed by atoms with van der Waals surface area (Å²) in [5, 5.41) is 8.70. The van der Waals surface area contributed by atoms with E-state index in [1.54, 1.807) is 0 Å².